The van der Waals surface area contributed by atoms with Crippen LogP contribution in [-0.2, 0) is 25.7 Å². The number of fused-ring (bicyclic) bond motifs is 6. The quantitative estimate of drug-likeness (QED) is 0.426. The number of hydrogen-bond acceptors (Lipinski definition) is 7. The monoisotopic (exact) mass is 576 g/mol. The highest BCUT2D eigenvalue weighted by atomic mass is 19.4. The first-order chi connectivity index (χ1) is 19.2. The Morgan fingerprint density at radius 1 is 1.17 bits per heavy atom. The van der Waals surface area contributed by atoms with Crippen molar-refractivity contribution in [1.29, 1.82) is 5.26 Å². The molecule has 1 unspecified atom stereocenters. The van der Waals surface area contributed by atoms with Crippen LogP contribution in [0.5, 0.6) is 0 Å². The summed E-state index contributed by atoms with van der Waals surface area (Å²) in [5.41, 5.74) is -1.10. The maximum atomic E-state index is 13.9. The van der Waals surface area contributed by atoms with Crippen LogP contribution in [0.15, 0.2) is 18.5 Å². The van der Waals surface area contributed by atoms with Gasteiger partial charge in [-0.15, -0.1) is 0 Å². The van der Waals surface area contributed by atoms with E-state index in [0.29, 0.717) is 0 Å². The minimum absolute atomic E-state index is 0.00760. The van der Waals surface area contributed by atoms with Crippen molar-refractivity contribution in [2.24, 2.45) is 35.0 Å². The lowest BCUT2D eigenvalue weighted by Gasteiger charge is -2.37. The normalized spacial score (nSPS) is 29.7. The number of alkyl halides is 3. The molecule has 3 heterocycles. The SMILES string of the molecule is CC(C)(C)[C@H](NC(=O)C(F)(F)F)C(=O)N1C[C@H]2[C@@H]([C@H]1C(=O)N[C@H](C#N)CC1Cn3ncnc3NC1=O)[C@H]1C=C[C@@H]2C1. The average molecular weight is 577 g/mol. The van der Waals surface area contributed by atoms with Gasteiger partial charge in [-0.1, -0.05) is 32.9 Å². The molecule has 2 fully saturated rings. The fourth-order valence-corrected chi connectivity index (χ4v) is 6.67. The van der Waals surface area contributed by atoms with Gasteiger partial charge in [-0.05, 0) is 41.9 Å². The third kappa shape index (κ3) is 5.27. The van der Waals surface area contributed by atoms with E-state index in [-0.39, 0.29) is 55.0 Å². The second-order valence-electron chi connectivity index (χ2n) is 12.3. The van der Waals surface area contributed by atoms with Crippen molar-refractivity contribution in [3.63, 3.8) is 0 Å². The summed E-state index contributed by atoms with van der Waals surface area (Å²) in [4.78, 5) is 57.3. The van der Waals surface area contributed by atoms with E-state index in [1.54, 1.807) is 0 Å². The molecule has 0 spiro atoms. The molecular weight excluding hydrogens is 545 g/mol. The van der Waals surface area contributed by atoms with E-state index in [1.165, 1.54) is 36.7 Å². The number of halogens is 3. The summed E-state index contributed by atoms with van der Waals surface area (Å²) in [5.74, 6) is -4.68. The molecule has 41 heavy (non-hydrogen) atoms. The summed E-state index contributed by atoms with van der Waals surface area (Å²) in [5, 5.41) is 21.0. The minimum Gasteiger partial charge on any atom is -0.339 e. The molecule has 2 aliphatic heterocycles. The van der Waals surface area contributed by atoms with E-state index in [1.807, 2.05) is 23.5 Å². The molecule has 5 rings (SSSR count). The first-order valence-electron chi connectivity index (χ1n) is 13.4. The van der Waals surface area contributed by atoms with Gasteiger partial charge in [0, 0.05) is 6.54 Å². The Balaban J connectivity index is 1.37. The van der Waals surface area contributed by atoms with E-state index < -0.39 is 53.4 Å². The molecular formula is C26H31F3N8O4. The minimum atomic E-state index is -5.19. The molecule has 4 amide bonds. The summed E-state index contributed by atoms with van der Waals surface area (Å²) < 4.78 is 40.9. The standard InChI is InChI=1S/C26H31F3N8O4/c1-25(2,3)19(34-23(41)26(27,28)29)22(40)36-10-16-12-4-5-13(6-12)17(16)18(36)21(39)33-15(8-30)7-14-9-37-24(31-11-32-37)35-20(14)38/h4-5,11-19H,6-7,9-10H2,1-3H3,(H,33,39)(H,34,41)(H,31,32,35,38)/t12-,13+,14?,15+,16-,17+,18+,19-/m1/s1. The van der Waals surface area contributed by atoms with Gasteiger partial charge in [-0.2, -0.15) is 28.5 Å². The zero-order valence-corrected chi connectivity index (χ0v) is 22.7. The van der Waals surface area contributed by atoms with E-state index >= 15 is 0 Å². The summed E-state index contributed by atoms with van der Waals surface area (Å²) in [6.45, 7) is 4.90. The molecule has 15 heteroatoms. The smallest absolute Gasteiger partial charge is 0.339 e. The number of allylic oxidation sites excluding steroid dienone is 2. The van der Waals surface area contributed by atoms with E-state index in [0.717, 1.165) is 6.42 Å². The topological polar surface area (TPSA) is 162 Å². The molecule has 2 bridgehead atoms. The fraction of sp³-hybridized carbons (Fsp3) is 0.654. The number of aromatic nitrogens is 3. The van der Waals surface area contributed by atoms with E-state index in [4.69, 9.17) is 0 Å². The second-order valence-corrected chi connectivity index (χ2v) is 12.3. The van der Waals surface area contributed by atoms with Gasteiger partial charge in [0.15, 0.2) is 0 Å². The summed E-state index contributed by atoms with van der Waals surface area (Å²) in [6, 6.07) is -1.68. The zero-order valence-electron chi connectivity index (χ0n) is 22.7. The van der Waals surface area contributed by atoms with Gasteiger partial charge in [0.1, 0.15) is 24.5 Å². The lowest BCUT2D eigenvalue weighted by atomic mass is 9.81. The van der Waals surface area contributed by atoms with E-state index in [2.05, 4.69) is 20.7 Å². The maximum absolute atomic E-state index is 13.9. The number of likely N-dealkylation sites (tertiary alicyclic amines) is 1. The molecule has 1 saturated heterocycles. The van der Waals surface area contributed by atoms with Crippen LogP contribution < -0.4 is 16.0 Å². The maximum Gasteiger partial charge on any atom is 0.471 e. The molecule has 1 saturated carbocycles. The number of carbonyl (C=O) groups excluding carboxylic acids is 4. The Hall–Kier alpha value is -3.96. The lowest BCUT2D eigenvalue weighted by Crippen LogP contribution is -2.60. The predicted molar refractivity (Wildman–Crippen MR) is 135 cm³/mol. The van der Waals surface area contributed by atoms with Gasteiger partial charge in [-0.25, -0.2) is 4.68 Å². The number of nitrogens with zero attached hydrogens (tertiary/aromatic N) is 5. The van der Waals surface area contributed by atoms with Crippen LogP contribution in [0.1, 0.15) is 33.6 Å². The molecule has 220 valence electrons. The van der Waals surface area contributed by atoms with Crippen LogP contribution >= 0.6 is 0 Å². The highest BCUT2D eigenvalue weighted by Crippen LogP contribution is 2.54. The Kier molecular flexibility index (Phi) is 7.07. The Labute approximate surface area is 233 Å². The van der Waals surface area contributed by atoms with Crippen LogP contribution in [0.3, 0.4) is 0 Å². The Morgan fingerprint density at radius 3 is 2.54 bits per heavy atom. The number of carbonyl (C=O) groups is 4. The van der Waals surface area contributed by atoms with E-state index in [9.17, 15) is 37.6 Å². The first-order valence-corrected chi connectivity index (χ1v) is 13.4. The molecule has 0 aromatic carbocycles. The number of nitriles is 1. The molecule has 8 atom stereocenters. The molecule has 1 aromatic rings. The molecule has 3 N–H and O–H groups in total. The molecule has 2 aliphatic carbocycles. The summed E-state index contributed by atoms with van der Waals surface area (Å²) >= 11 is 0. The van der Waals surface area contributed by atoms with Crippen LogP contribution in [-0.4, -0.2) is 74.1 Å². The molecule has 1 aromatic heterocycles. The zero-order chi connectivity index (χ0) is 29.9. The average Bonchev–Trinajstić information content (AvgIpc) is 3.66. The summed E-state index contributed by atoms with van der Waals surface area (Å²) in [7, 11) is 0. The number of amides is 4. The molecule has 0 radical (unpaired) electrons. The number of anilines is 1. The van der Waals surface area contributed by atoms with Crippen molar-refractivity contribution in [1.82, 2.24) is 30.3 Å². The van der Waals surface area contributed by atoms with Crippen LogP contribution in [0.25, 0.3) is 0 Å². The van der Waals surface area contributed by atoms with Crippen molar-refractivity contribution in [3.8, 4) is 6.07 Å². The van der Waals surface area contributed by atoms with Crippen LogP contribution in [0, 0.1) is 46.3 Å². The molecule has 4 aliphatic rings. The summed E-state index contributed by atoms with van der Waals surface area (Å²) in [6.07, 6.45) is 0.911. The second kappa shape index (κ2) is 10.1. The van der Waals surface area contributed by atoms with Gasteiger partial charge in [0.25, 0.3) is 0 Å². The Bertz CT molecular complexity index is 1330. The van der Waals surface area contributed by atoms with Gasteiger partial charge in [0.05, 0.1) is 18.5 Å². The third-order valence-electron chi connectivity index (χ3n) is 8.60. The van der Waals surface area contributed by atoms with Crippen molar-refractivity contribution >= 4 is 29.6 Å². The van der Waals surface area contributed by atoms with Crippen LogP contribution in [0.4, 0.5) is 19.1 Å². The number of nitrogens with one attached hydrogen (secondary N) is 3. The lowest BCUT2D eigenvalue weighted by molar-refractivity contribution is -0.176. The van der Waals surface area contributed by atoms with Crippen molar-refractivity contribution in [2.75, 3.05) is 11.9 Å². The van der Waals surface area contributed by atoms with Crippen molar-refractivity contribution in [2.45, 2.75) is 64.5 Å². The number of hydrogen-bond donors (Lipinski definition) is 3. The predicted octanol–water partition coefficient (Wildman–Crippen LogP) is 0.987. The van der Waals surface area contributed by atoms with Gasteiger partial charge in [0.2, 0.25) is 23.7 Å². The highest BCUT2D eigenvalue weighted by molar-refractivity contribution is 5.95. The van der Waals surface area contributed by atoms with Gasteiger partial charge >= 0.3 is 12.1 Å². The van der Waals surface area contributed by atoms with Gasteiger partial charge in [-0.3, -0.25) is 24.5 Å². The Morgan fingerprint density at radius 2 is 1.88 bits per heavy atom. The van der Waals surface area contributed by atoms with Gasteiger partial charge < -0.3 is 15.5 Å². The van der Waals surface area contributed by atoms with Crippen molar-refractivity contribution < 1.29 is 32.3 Å². The largest absolute Gasteiger partial charge is 0.471 e. The highest BCUT2D eigenvalue weighted by Gasteiger charge is 2.59. The van der Waals surface area contributed by atoms with Crippen LogP contribution in [0.2, 0.25) is 0 Å². The van der Waals surface area contributed by atoms with Crippen molar-refractivity contribution in [3.05, 3.63) is 18.5 Å². The fourth-order valence-electron chi connectivity index (χ4n) is 6.67. The third-order valence-corrected chi connectivity index (χ3v) is 8.60. The number of rotatable bonds is 6. The first kappa shape index (κ1) is 28.6. The molecule has 12 nitrogen and oxygen atoms in total.